The topological polar surface area (TPSA) is 67.7 Å². The average molecular weight is 305 g/mol. The summed E-state index contributed by atoms with van der Waals surface area (Å²) in [5.41, 5.74) is 2.26. The minimum absolute atomic E-state index is 0.313. The van der Waals surface area contributed by atoms with Gasteiger partial charge in [-0.05, 0) is 38.5 Å². The largest absolute Gasteiger partial charge is 0.469 e. The van der Waals surface area contributed by atoms with Crippen molar-refractivity contribution in [3.05, 3.63) is 11.3 Å². The van der Waals surface area contributed by atoms with Gasteiger partial charge >= 0.3 is 0 Å². The molecule has 0 radical (unpaired) electrons. The van der Waals surface area contributed by atoms with Gasteiger partial charge in [-0.15, -0.1) is 0 Å². The van der Waals surface area contributed by atoms with Crippen LogP contribution in [0.2, 0.25) is 0 Å². The number of ether oxygens (including phenoxy) is 2. The summed E-state index contributed by atoms with van der Waals surface area (Å²) in [6, 6.07) is 0. The third-order valence-corrected chi connectivity index (χ3v) is 4.79. The number of aliphatic hydroxyl groups is 1. The van der Waals surface area contributed by atoms with Crippen molar-refractivity contribution in [3.8, 4) is 5.88 Å². The lowest BCUT2D eigenvalue weighted by atomic mass is 9.97. The van der Waals surface area contributed by atoms with Crippen molar-refractivity contribution in [2.75, 3.05) is 31.2 Å². The van der Waals surface area contributed by atoms with E-state index in [1.807, 2.05) is 0 Å². The van der Waals surface area contributed by atoms with Crippen LogP contribution in [-0.4, -0.2) is 53.6 Å². The molecule has 0 unspecified atom stereocenters. The second kappa shape index (κ2) is 6.01. The average Bonchev–Trinajstić information content (AvgIpc) is 3.20. The predicted molar refractivity (Wildman–Crippen MR) is 81.4 cm³/mol. The van der Waals surface area contributed by atoms with E-state index >= 15 is 0 Å². The first-order valence-electron chi connectivity index (χ1n) is 8.38. The summed E-state index contributed by atoms with van der Waals surface area (Å²) in [5, 5.41) is 9.93. The molecule has 2 fully saturated rings. The maximum Gasteiger partial charge on any atom is 0.228 e. The Bertz CT molecular complexity index is 546. The summed E-state index contributed by atoms with van der Waals surface area (Å²) in [7, 11) is 0. The molecule has 1 aromatic rings. The predicted octanol–water partition coefficient (Wildman–Crippen LogP) is 1.09. The fourth-order valence-electron chi connectivity index (χ4n) is 3.48. The Kier molecular flexibility index (Phi) is 3.88. The van der Waals surface area contributed by atoms with Gasteiger partial charge in [-0.1, -0.05) is 0 Å². The van der Waals surface area contributed by atoms with Gasteiger partial charge in [0.05, 0.1) is 18.9 Å². The Balaban J connectivity index is 1.66. The Morgan fingerprint density at radius 2 is 1.86 bits per heavy atom. The highest BCUT2D eigenvalue weighted by Crippen LogP contribution is 2.31. The third-order valence-electron chi connectivity index (χ3n) is 4.79. The molecule has 6 heteroatoms. The first-order valence-corrected chi connectivity index (χ1v) is 8.38. The van der Waals surface area contributed by atoms with Gasteiger partial charge in [0.2, 0.25) is 11.8 Å². The van der Waals surface area contributed by atoms with Gasteiger partial charge in [-0.3, -0.25) is 0 Å². The van der Waals surface area contributed by atoms with Crippen molar-refractivity contribution in [1.82, 2.24) is 9.97 Å². The normalized spacial score (nSPS) is 28.0. The monoisotopic (exact) mass is 305 g/mol. The fourth-order valence-corrected chi connectivity index (χ4v) is 3.48. The summed E-state index contributed by atoms with van der Waals surface area (Å²) in [6.45, 7) is 2.82. The molecule has 0 bridgehead atoms. The first-order chi connectivity index (χ1) is 10.8. The first kappa shape index (κ1) is 14.2. The minimum atomic E-state index is -0.565. The second-order valence-corrected chi connectivity index (χ2v) is 6.42. The van der Waals surface area contributed by atoms with E-state index in [-0.39, 0.29) is 6.10 Å². The summed E-state index contributed by atoms with van der Waals surface area (Å²) in [6.07, 6.45) is 5.82. The van der Waals surface area contributed by atoms with E-state index in [9.17, 15) is 5.11 Å². The van der Waals surface area contributed by atoms with Crippen molar-refractivity contribution in [1.29, 1.82) is 0 Å². The molecule has 1 N–H and O–H groups in total. The number of aliphatic hydroxyl groups excluding tert-OH is 1. The molecule has 2 aliphatic heterocycles. The number of hydrogen-bond acceptors (Lipinski definition) is 6. The Morgan fingerprint density at radius 1 is 1.05 bits per heavy atom. The Hall–Kier alpha value is -1.40. The van der Waals surface area contributed by atoms with Gasteiger partial charge in [0.1, 0.15) is 6.10 Å². The van der Waals surface area contributed by atoms with Crippen LogP contribution in [0.1, 0.15) is 36.9 Å². The molecule has 0 amide bonds. The van der Waals surface area contributed by atoms with Crippen LogP contribution in [0.5, 0.6) is 5.88 Å². The number of fused-ring (bicyclic) bond motifs is 1. The van der Waals surface area contributed by atoms with E-state index < -0.39 is 6.10 Å². The molecular formula is C16H23N3O3. The van der Waals surface area contributed by atoms with E-state index in [4.69, 9.17) is 19.4 Å². The highest BCUT2D eigenvalue weighted by atomic mass is 16.6. The third kappa shape index (κ3) is 2.65. The van der Waals surface area contributed by atoms with Gasteiger partial charge in [0.25, 0.3) is 0 Å². The van der Waals surface area contributed by atoms with Crippen molar-refractivity contribution in [2.45, 2.75) is 50.7 Å². The molecule has 0 saturated carbocycles. The van der Waals surface area contributed by atoms with E-state index in [0.29, 0.717) is 19.1 Å². The van der Waals surface area contributed by atoms with Gasteiger partial charge in [-0.2, -0.15) is 4.98 Å². The van der Waals surface area contributed by atoms with Crippen LogP contribution in [0.25, 0.3) is 0 Å². The van der Waals surface area contributed by atoms with Crippen LogP contribution in [-0.2, 0) is 17.6 Å². The number of anilines is 1. The van der Waals surface area contributed by atoms with Crippen LogP contribution in [0.3, 0.4) is 0 Å². The highest BCUT2D eigenvalue weighted by molar-refractivity contribution is 5.42. The molecule has 3 aliphatic rings. The van der Waals surface area contributed by atoms with Gasteiger partial charge in [-0.25, -0.2) is 4.98 Å². The molecule has 4 rings (SSSR count). The van der Waals surface area contributed by atoms with Crippen molar-refractivity contribution >= 4 is 5.95 Å². The molecule has 0 aromatic carbocycles. The Labute approximate surface area is 130 Å². The summed E-state index contributed by atoms with van der Waals surface area (Å²) in [4.78, 5) is 11.7. The lowest BCUT2D eigenvalue weighted by Crippen LogP contribution is -2.31. The van der Waals surface area contributed by atoms with Crippen molar-refractivity contribution < 1.29 is 14.6 Å². The SMILES string of the molecule is O[C@H]1COC[C@@H]1Oc1nc(N2CCCC2)nc2c1CCCC2. The second-order valence-electron chi connectivity index (χ2n) is 6.42. The van der Waals surface area contributed by atoms with E-state index in [2.05, 4.69) is 4.90 Å². The minimum Gasteiger partial charge on any atom is -0.469 e. The molecule has 2 saturated heterocycles. The fraction of sp³-hybridized carbons (Fsp3) is 0.750. The zero-order chi connectivity index (χ0) is 14.9. The van der Waals surface area contributed by atoms with Crippen LogP contribution in [0.4, 0.5) is 5.95 Å². The molecule has 22 heavy (non-hydrogen) atoms. The molecular weight excluding hydrogens is 282 g/mol. The molecule has 6 nitrogen and oxygen atoms in total. The quantitative estimate of drug-likeness (QED) is 0.902. The van der Waals surface area contributed by atoms with Gasteiger partial charge < -0.3 is 19.5 Å². The van der Waals surface area contributed by atoms with Gasteiger partial charge in [0, 0.05) is 18.7 Å². The van der Waals surface area contributed by atoms with Crippen LogP contribution < -0.4 is 9.64 Å². The van der Waals surface area contributed by atoms with Gasteiger partial charge in [0.15, 0.2) is 6.10 Å². The summed E-state index contributed by atoms with van der Waals surface area (Å²) >= 11 is 0. The zero-order valence-electron chi connectivity index (χ0n) is 12.8. The Morgan fingerprint density at radius 3 is 2.64 bits per heavy atom. The van der Waals surface area contributed by atoms with Crippen LogP contribution >= 0.6 is 0 Å². The molecule has 2 atom stereocenters. The summed E-state index contributed by atoms with van der Waals surface area (Å²) in [5.74, 6) is 1.46. The zero-order valence-corrected chi connectivity index (χ0v) is 12.8. The molecule has 1 aliphatic carbocycles. The van der Waals surface area contributed by atoms with Crippen LogP contribution in [0.15, 0.2) is 0 Å². The smallest absolute Gasteiger partial charge is 0.228 e. The van der Waals surface area contributed by atoms with E-state index in [1.54, 1.807) is 0 Å². The maximum absolute atomic E-state index is 9.93. The lowest BCUT2D eigenvalue weighted by molar-refractivity contribution is 0.0694. The standard InChI is InChI=1S/C16H23N3O3/c20-13-9-21-10-14(13)22-15-11-5-1-2-6-12(11)17-16(18-15)19-7-3-4-8-19/h13-14,20H,1-10H2/t13-,14-/m0/s1. The summed E-state index contributed by atoms with van der Waals surface area (Å²) < 4.78 is 11.3. The number of nitrogens with zero attached hydrogens (tertiary/aromatic N) is 3. The van der Waals surface area contributed by atoms with E-state index in [0.717, 1.165) is 49.6 Å². The highest BCUT2D eigenvalue weighted by Gasteiger charge is 2.31. The number of rotatable bonds is 3. The van der Waals surface area contributed by atoms with Crippen molar-refractivity contribution in [3.63, 3.8) is 0 Å². The molecule has 3 heterocycles. The number of aryl methyl sites for hydroxylation is 1. The molecule has 1 aromatic heterocycles. The number of aromatic nitrogens is 2. The van der Waals surface area contributed by atoms with Crippen molar-refractivity contribution in [2.24, 2.45) is 0 Å². The number of hydrogen-bond donors (Lipinski definition) is 1. The molecule has 120 valence electrons. The van der Waals surface area contributed by atoms with Crippen LogP contribution in [0, 0.1) is 0 Å². The van der Waals surface area contributed by atoms with E-state index in [1.165, 1.54) is 19.3 Å². The molecule has 0 spiro atoms. The maximum atomic E-state index is 9.93. The lowest BCUT2D eigenvalue weighted by Gasteiger charge is -2.24.